The Labute approximate surface area is 461 Å². The predicted molar refractivity (Wildman–Crippen MR) is 307 cm³/mol. The fourth-order valence-corrected chi connectivity index (χ4v) is 9.70. The first-order chi connectivity index (χ1) is 37.4. The number of benzene rings is 4. The monoisotopic (exact) mass is 1100 g/mol. The number of halogens is 2. The Morgan fingerprint density at radius 1 is 0.679 bits per heavy atom. The fraction of sp³-hybridized carbons (Fsp3) is 0.316. The van der Waals surface area contributed by atoms with Gasteiger partial charge in [-0.15, -0.1) is 22.7 Å². The Kier molecular flexibility index (Phi) is 21.1. The molecular formula is C57H67F2N15O2S2. The summed E-state index contributed by atoms with van der Waals surface area (Å²) in [6.07, 6.45) is 8.40. The number of anilines is 2. The van der Waals surface area contributed by atoms with Crippen LogP contribution in [0, 0.1) is 43.9 Å². The highest BCUT2D eigenvalue weighted by Crippen LogP contribution is 2.34. The van der Waals surface area contributed by atoms with Gasteiger partial charge >= 0.3 is 0 Å². The molecule has 2 unspecified atom stereocenters. The molecule has 10 rings (SSSR count). The molecule has 2 aliphatic rings. The molecule has 8 aromatic rings. The molecular weight excluding hydrogens is 1030 g/mol. The van der Waals surface area contributed by atoms with E-state index in [1.54, 1.807) is 96.0 Å². The van der Waals surface area contributed by atoms with Crippen molar-refractivity contribution >= 4 is 51.6 Å². The first-order valence-electron chi connectivity index (χ1n) is 25.4. The zero-order valence-corrected chi connectivity index (χ0v) is 44.5. The van der Waals surface area contributed by atoms with E-state index in [1.165, 1.54) is 53.8 Å². The van der Waals surface area contributed by atoms with Gasteiger partial charge in [-0.1, -0.05) is 43.8 Å². The van der Waals surface area contributed by atoms with Crippen molar-refractivity contribution in [2.75, 3.05) is 49.9 Å². The summed E-state index contributed by atoms with van der Waals surface area (Å²) in [5, 5.41) is 30.1. The fourth-order valence-electron chi connectivity index (χ4n) is 8.23. The SMILES string of the molecule is C.Cc1cc(C(=O)Nc2cc(C(NCC3CC3)c3nccs3)ccc2F)n(-c2cccc(CN)c2)n1.NCCNCCN.[C-]#[N+]c1cccc(-n2nc(C)cc2C(=O)Nc2cc(C(NCC3CC3)c3nccs3)ccc2F)c1. The van der Waals surface area contributed by atoms with E-state index in [0.29, 0.717) is 65.6 Å². The number of nitrogens with zero attached hydrogens (tertiary/aromatic N) is 7. The summed E-state index contributed by atoms with van der Waals surface area (Å²) in [5.74, 6) is -0.626. The van der Waals surface area contributed by atoms with E-state index >= 15 is 0 Å². The number of hydrogen-bond donors (Lipinski definition) is 8. The van der Waals surface area contributed by atoms with E-state index in [9.17, 15) is 18.4 Å². The van der Waals surface area contributed by atoms with Crippen molar-refractivity contribution in [3.05, 3.63) is 193 Å². The largest absolute Gasteiger partial charge is 0.329 e. The molecule has 2 fully saturated rings. The summed E-state index contributed by atoms with van der Waals surface area (Å²) < 4.78 is 32.6. The van der Waals surface area contributed by atoms with E-state index < -0.39 is 23.4 Å². The molecule has 78 heavy (non-hydrogen) atoms. The summed E-state index contributed by atoms with van der Waals surface area (Å²) in [7, 11) is 0. The molecule has 4 heterocycles. The number of amides is 2. The molecule has 0 radical (unpaired) electrons. The Morgan fingerprint density at radius 3 is 1.58 bits per heavy atom. The minimum absolute atomic E-state index is 0. The number of aromatic nitrogens is 6. The molecule has 2 atom stereocenters. The van der Waals surface area contributed by atoms with Crippen LogP contribution in [0.2, 0.25) is 0 Å². The molecule has 11 N–H and O–H groups in total. The molecule has 2 amide bonds. The molecule has 4 aromatic heterocycles. The minimum atomic E-state index is -0.528. The van der Waals surface area contributed by atoms with Gasteiger partial charge in [-0.3, -0.25) is 9.59 Å². The van der Waals surface area contributed by atoms with Gasteiger partial charge in [0.2, 0.25) is 0 Å². The van der Waals surface area contributed by atoms with Crippen molar-refractivity contribution < 1.29 is 18.4 Å². The topological polar surface area (TPSA) is 238 Å². The molecule has 0 saturated heterocycles. The molecule has 408 valence electrons. The Hall–Kier alpha value is -7.39. The van der Waals surface area contributed by atoms with Crippen LogP contribution in [0.4, 0.5) is 25.8 Å². The number of carbonyl (C=O) groups excluding carboxylic acids is 2. The van der Waals surface area contributed by atoms with Gasteiger partial charge in [0.05, 0.1) is 52.8 Å². The zero-order chi connectivity index (χ0) is 54.3. The highest BCUT2D eigenvalue weighted by Gasteiger charge is 2.27. The minimum Gasteiger partial charge on any atom is -0.329 e. The van der Waals surface area contributed by atoms with E-state index in [1.807, 2.05) is 41.9 Å². The number of hydrogen-bond acceptors (Lipinski definition) is 14. The van der Waals surface area contributed by atoms with Crippen LogP contribution in [0.3, 0.4) is 0 Å². The lowest BCUT2D eigenvalue weighted by Crippen LogP contribution is -2.27. The molecule has 2 aliphatic carbocycles. The Bertz CT molecular complexity index is 3250. The van der Waals surface area contributed by atoms with Crippen LogP contribution >= 0.6 is 22.7 Å². The summed E-state index contributed by atoms with van der Waals surface area (Å²) in [5.41, 5.74) is 22.5. The lowest BCUT2D eigenvalue weighted by molar-refractivity contribution is 0.101. The lowest BCUT2D eigenvalue weighted by atomic mass is 10.1. The Morgan fingerprint density at radius 2 is 1.15 bits per heavy atom. The van der Waals surface area contributed by atoms with E-state index in [0.717, 1.165) is 52.9 Å². The number of carbonyl (C=O) groups is 2. The van der Waals surface area contributed by atoms with E-state index in [2.05, 4.69) is 51.6 Å². The van der Waals surface area contributed by atoms with Gasteiger partial charge < -0.3 is 43.8 Å². The lowest BCUT2D eigenvalue weighted by Gasteiger charge is -2.18. The van der Waals surface area contributed by atoms with Crippen molar-refractivity contribution in [3.63, 3.8) is 0 Å². The quantitative estimate of drug-likeness (QED) is 0.0248. The third kappa shape index (κ3) is 15.9. The second-order valence-electron chi connectivity index (χ2n) is 18.7. The van der Waals surface area contributed by atoms with Crippen LogP contribution in [0.15, 0.2) is 120 Å². The normalized spacial score (nSPS) is 13.4. The number of aryl methyl sites for hydroxylation is 2. The van der Waals surface area contributed by atoms with Gasteiger partial charge in [0.15, 0.2) is 5.69 Å². The number of rotatable bonds is 21. The van der Waals surface area contributed by atoms with Gasteiger partial charge in [0.25, 0.3) is 11.8 Å². The summed E-state index contributed by atoms with van der Waals surface area (Å²) >= 11 is 3.09. The van der Waals surface area contributed by atoms with Crippen molar-refractivity contribution in [3.8, 4) is 11.4 Å². The average Bonchev–Trinajstić information content (AvgIpc) is 4.16. The first-order valence-corrected chi connectivity index (χ1v) is 27.2. The zero-order valence-electron chi connectivity index (χ0n) is 42.9. The smallest absolute Gasteiger partial charge is 0.274 e. The van der Waals surface area contributed by atoms with Crippen LogP contribution in [0.1, 0.15) is 104 Å². The number of nitrogens with one attached hydrogen (secondary N) is 5. The second kappa shape index (κ2) is 28.3. The summed E-state index contributed by atoms with van der Waals surface area (Å²) in [4.78, 5) is 38.9. The third-order valence-electron chi connectivity index (χ3n) is 12.5. The maximum Gasteiger partial charge on any atom is 0.274 e. The van der Waals surface area contributed by atoms with Crippen molar-refractivity contribution in [1.29, 1.82) is 0 Å². The van der Waals surface area contributed by atoms with E-state index in [-0.39, 0.29) is 36.6 Å². The van der Waals surface area contributed by atoms with Crippen molar-refractivity contribution in [2.45, 2.75) is 65.6 Å². The first kappa shape index (κ1) is 58.3. The Balaban J connectivity index is 0.000000199. The van der Waals surface area contributed by atoms with E-state index in [4.69, 9.17) is 23.8 Å². The number of nitrogens with two attached hydrogens (primary N) is 3. The van der Waals surface area contributed by atoms with Gasteiger partial charge in [-0.05, 0) is 142 Å². The van der Waals surface area contributed by atoms with Crippen LogP contribution in [-0.4, -0.2) is 80.6 Å². The van der Waals surface area contributed by atoms with Crippen LogP contribution in [0.25, 0.3) is 16.2 Å². The maximum atomic E-state index is 14.8. The highest BCUT2D eigenvalue weighted by atomic mass is 32.1. The molecule has 0 aliphatic heterocycles. The number of thiazole rings is 2. The van der Waals surface area contributed by atoms with Gasteiger partial charge in [0, 0.05) is 55.9 Å². The second-order valence-corrected chi connectivity index (χ2v) is 20.5. The average molecular weight is 1100 g/mol. The van der Waals surface area contributed by atoms with Gasteiger partial charge in [-0.2, -0.15) is 10.2 Å². The van der Waals surface area contributed by atoms with Crippen LogP contribution < -0.4 is 43.8 Å². The molecule has 21 heteroatoms. The highest BCUT2D eigenvalue weighted by molar-refractivity contribution is 7.09. The van der Waals surface area contributed by atoms with Crippen molar-refractivity contribution in [2.24, 2.45) is 29.0 Å². The van der Waals surface area contributed by atoms with Crippen LogP contribution in [0.5, 0.6) is 0 Å². The molecule has 0 bridgehead atoms. The van der Waals surface area contributed by atoms with Gasteiger partial charge in [0.1, 0.15) is 33.0 Å². The molecule has 2 saturated carbocycles. The molecule has 0 spiro atoms. The molecule has 17 nitrogen and oxygen atoms in total. The van der Waals surface area contributed by atoms with Crippen molar-refractivity contribution in [1.82, 2.24) is 45.5 Å². The van der Waals surface area contributed by atoms with Gasteiger partial charge in [-0.25, -0.2) is 33.0 Å². The summed E-state index contributed by atoms with van der Waals surface area (Å²) in [6.45, 7) is 16.1. The predicted octanol–water partition coefficient (Wildman–Crippen LogP) is 9.37. The molecule has 4 aromatic carbocycles. The van der Waals surface area contributed by atoms with Crippen LogP contribution in [-0.2, 0) is 6.54 Å². The summed E-state index contributed by atoms with van der Waals surface area (Å²) in [6, 6.07) is 26.9. The maximum absolute atomic E-state index is 14.8. The third-order valence-corrected chi connectivity index (χ3v) is 14.2. The standard InChI is InChI=1S/C26H23FN6OS.C26H27FN6OS.C4H13N3.CH4/c1-16-12-23(33(32-16)20-5-3-4-19(14-20)28-2)25(34)31-22-13-18(8-9-21(22)27)24(26-29-10-11-35-26)30-15-17-6-7-17;1-16-11-23(33(32-16)20-4-2-3-18(12-20)14-28)25(34)31-22-13-19(7-8-21(22)27)24(26-29-9-10-35-26)30-15-17-5-6-17;5-1-3-7-4-2-6;/h3-5,8-14,17,24,30H,6-7,15H2,1H3,(H,31,34);2-4,7-13,17,24,30H,5-6,14-15,28H2,1H3,(H,31,34);7H,1-6H2;1H4.